The highest BCUT2D eigenvalue weighted by atomic mass is 16.6. The van der Waals surface area contributed by atoms with Crippen LogP contribution in [0, 0.1) is 28.1 Å². The fourth-order valence-electron chi connectivity index (χ4n) is 9.15. The van der Waals surface area contributed by atoms with Crippen molar-refractivity contribution < 1.29 is 43.2 Å². The first-order valence-electron chi connectivity index (χ1n) is 15.1. The molecular weight excluding hydrogens is 540 g/mol. The maximum Gasteiger partial charge on any atom is 0.309 e. The molecule has 4 aliphatic rings. The molecule has 10 atom stereocenters. The van der Waals surface area contributed by atoms with Gasteiger partial charge >= 0.3 is 11.9 Å². The Morgan fingerprint density at radius 3 is 2.50 bits per heavy atom. The molecule has 1 spiro atoms. The zero-order chi connectivity index (χ0) is 31.0. The Bertz CT molecular complexity index is 1270. The van der Waals surface area contributed by atoms with E-state index in [1.807, 2.05) is 33.8 Å². The van der Waals surface area contributed by atoms with Crippen molar-refractivity contribution in [3.8, 4) is 0 Å². The standard InChI is InChI=1S/C33H46O9/c1-9-18(2)28(37)41-25-26(36)29(4,5)23(15-24(35)39-8)31(7)27(25)42-33-16-21(34)14-22(20-10-13-40-17-20)30(33,6)11-12-32(31,38)19(33)3/h10,13,17-18,22-23,25-27,36,38H,3,9,11-12,14-16H2,1-2,4-8H3/t18-,22+,23+,25+,26+,27+,30+,31-,32-,33+/m1/s1. The quantitative estimate of drug-likeness (QED) is 0.365. The molecule has 3 aliphatic carbocycles. The average molecular weight is 587 g/mol. The van der Waals surface area contributed by atoms with E-state index in [0.717, 1.165) is 5.56 Å². The molecule has 2 bridgehead atoms. The predicted octanol–water partition coefficient (Wildman–Crippen LogP) is 4.50. The highest BCUT2D eigenvalue weighted by Crippen LogP contribution is 2.73. The lowest BCUT2D eigenvalue weighted by Crippen LogP contribution is -2.82. The Morgan fingerprint density at radius 1 is 1.21 bits per heavy atom. The number of furan rings is 1. The molecule has 3 saturated carbocycles. The van der Waals surface area contributed by atoms with E-state index in [4.69, 9.17) is 18.6 Å². The number of fused-ring (bicyclic) bond motifs is 3. The average Bonchev–Trinajstić information content (AvgIpc) is 3.48. The Morgan fingerprint density at radius 2 is 1.90 bits per heavy atom. The van der Waals surface area contributed by atoms with Crippen molar-refractivity contribution in [3.05, 3.63) is 36.3 Å². The number of ketones is 1. The second-order valence-corrected chi connectivity index (χ2v) is 14.2. The van der Waals surface area contributed by atoms with Gasteiger partial charge in [-0.25, -0.2) is 0 Å². The van der Waals surface area contributed by atoms with E-state index in [1.165, 1.54) is 7.11 Å². The topological polar surface area (TPSA) is 132 Å². The van der Waals surface area contributed by atoms with E-state index in [0.29, 0.717) is 31.3 Å². The summed E-state index contributed by atoms with van der Waals surface area (Å²) >= 11 is 0. The van der Waals surface area contributed by atoms with Crippen LogP contribution in [0.3, 0.4) is 0 Å². The number of hydrogen-bond donors (Lipinski definition) is 2. The fraction of sp³-hybridized carbons (Fsp3) is 0.727. The summed E-state index contributed by atoms with van der Waals surface area (Å²) in [4.78, 5) is 39.6. The summed E-state index contributed by atoms with van der Waals surface area (Å²) in [5.74, 6) is -2.34. The molecule has 42 heavy (non-hydrogen) atoms. The van der Waals surface area contributed by atoms with Crippen molar-refractivity contribution in [2.24, 2.45) is 28.1 Å². The first-order valence-corrected chi connectivity index (χ1v) is 15.1. The zero-order valence-corrected chi connectivity index (χ0v) is 25.9. The molecule has 4 fully saturated rings. The van der Waals surface area contributed by atoms with Crippen molar-refractivity contribution in [3.63, 3.8) is 0 Å². The molecule has 1 saturated heterocycles. The van der Waals surface area contributed by atoms with Gasteiger partial charge in [0.15, 0.2) is 6.10 Å². The smallest absolute Gasteiger partial charge is 0.309 e. The number of aliphatic hydroxyl groups is 2. The maximum absolute atomic E-state index is 13.5. The maximum atomic E-state index is 13.5. The van der Waals surface area contributed by atoms with E-state index in [1.54, 1.807) is 19.5 Å². The lowest BCUT2D eigenvalue weighted by Gasteiger charge is -2.74. The zero-order valence-electron chi connectivity index (χ0n) is 25.9. The number of esters is 2. The normalized spacial score (nSPS) is 43.1. The number of rotatable bonds is 6. The lowest BCUT2D eigenvalue weighted by molar-refractivity contribution is -0.358. The molecule has 9 heteroatoms. The SMILES string of the molecule is C=C1[C@]2(O)CC[C@@]3(C)[C@H](c4ccoc4)CC(=O)C[C@]13O[C@H]1[C@@H](OC(=O)[C@H](C)CC)[C@H](O)C(C)(C)[C@H](CC(=O)OC)[C@]12C. The van der Waals surface area contributed by atoms with Gasteiger partial charge in [0.25, 0.3) is 0 Å². The molecular formula is C33H46O9. The summed E-state index contributed by atoms with van der Waals surface area (Å²) in [5, 5.41) is 24.9. The third kappa shape index (κ3) is 3.88. The van der Waals surface area contributed by atoms with Crippen molar-refractivity contribution in [2.45, 2.75) is 115 Å². The van der Waals surface area contributed by atoms with Gasteiger partial charge in [-0.2, -0.15) is 0 Å². The van der Waals surface area contributed by atoms with E-state index in [-0.39, 0.29) is 24.5 Å². The minimum atomic E-state index is -1.61. The van der Waals surface area contributed by atoms with Crippen LogP contribution >= 0.6 is 0 Å². The van der Waals surface area contributed by atoms with Gasteiger partial charge in [-0.1, -0.05) is 48.1 Å². The Labute approximate surface area is 248 Å². The van der Waals surface area contributed by atoms with Crippen molar-refractivity contribution >= 4 is 17.7 Å². The second kappa shape index (κ2) is 10.0. The molecule has 0 radical (unpaired) electrons. The van der Waals surface area contributed by atoms with Gasteiger partial charge in [-0.3, -0.25) is 14.4 Å². The van der Waals surface area contributed by atoms with E-state index >= 15 is 0 Å². The van der Waals surface area contributed by atoms with Crippen LogP contribution in [0.4, 0.5) is 0 Å². The molecule has 2 heterocycles. The number of carbonyl (C=O) groups excluding carboxylic acids is 3. The largest absolute Gasteiger partial charge is 0.472 e. The molecule has 9 nitrogen and oxygen atoms in total. The third-order valence-corrected chi connectivity index (χ3v) is 12.2. The Kier molecular flexibility index (Phi) is 7.39. The monoisotopic (exact) mass is 586 g/mol. The highest BCUT2D eigenvalue weighted by molar-refractivity contribution is 5.83. The first-order chi connectivity index (χ1) is 19.5. The van der Waals surface area contributed by atoms with Crippen LogP contribution in [-0.4, -0.2) is 64.6 Å². The lowest BCUT2D eigenvalue weighted by atomic mass is 9.38. The summed E-state index contributed by atoms with van der Waals surface area (Å²) in [6, 6.07) is 1.86. The van der Waals surface area contributed by atoms with Crippen molar-refractivity contribution in [1.29, 1.82) is 0 Å². The van der Waals surface area contributed by atoms with Gasteiger partial charge in [-0.05, 0) is 47.8 Å². The van der Waals surface area contributed by atoms with Gasteiger partial charge in [0.1, 0.15) is 17.5 Å². The number of aliphatic hydroxyl groups excluding tert-OH is 1. The van der Waals surface area contributed by atoms with E-state index < -0.39 is 69.5 Å². The van der Waals surface area contributed by atoms with Crippen LogP contribution in [0.1, 0.15) is 91.5 Å². The number of hydrogen-bond acceptors (Lipinski definition) is 9. The number of Topliss-reactive ketones (excluding diaryl/α,β-unsaturated/α-hetero) is 1. The molecule has 2 N–H and O–H groups in total. The predicted molar refractivity (Wildman–Crippen MR) is 152 cm³/mol. The summed E-state index contributed by atoms with van der Waals surface area (Å²) in [5.41, 5.74) is -4.56. The van der Waals surface area contributed by atoms with Gasteiger partial charge in [0.05, 0.1) is 37.3 Å². The van der Waals surface area contributed by atoms with Gasteiger partial charge in [-0.15, -0.1) is 0 Å². The molecule has 232 valence electrons. The second-order valence-electron chi connectivity index (χ2n) is 14.2. The summed E-state index contributed by atoms with van der Waals surface area (Å²) in [7, 11) is 1.31. The number of carbonyl (C=O) groups is 3. The molecule has 1 aliphatic heterocycles. The van der Waals surface area contributed by atoms with Crippen LogP contribution < -0.4 is 0 Å². The van der Waals surface area contributed by atoms with Crippen molar-refractivity contribution in [2.75, 3.05) is 7.11 Å². The third-order valence-electron chi connectivity index (χ3n) is 12.2. The van der Waals surface area contributed by atoms with Crippen LogP contribution in [0.15, 0.2) is 35.2 Å². The molecule has 5 rings (SSSR count). The van der Waals surface area contributed by atoms with Crippen LogP contribution in [0.25, 0.3) is 0 Å². The fourth-order valence-corrected chi connectivity index (χ4v) is 9.15. The van der Waals surface area contributed by atoms with Crippen LogP contribution in [0.5, 0.6) is 0 Å². The van der Waals surface area contributed by atoms with Crippen LogP contribution in [-0.2, 0) is 28.6 Å². The van der Waals surface area contributed by atoms with E-state index in [2.05, 4.69) is 13.5 Å². The molecule has 0 unspecified atom stereocenters. The first kappa shape index (κ1) is 31.0. The minimum absolute atomic E-state index is 0.00123. The summed E-state index contributed by atoms with van der Waals surface area (Å²) in [6.07, 6.45) is 1.33. The number of ether oxygens (including phenoxy) is 3. The molecule has 0 aromatic carbocycles. The van der Waals surface area contributed by atoms with Crippen molar-refractivity contribution in [1.82, 2.24) is 0 Å². The number of methoxy groups -OCH3 is 1. The highest BCUT2D eigenvalue weighted by Gasteiger charge is 2.79. The molecule has 0 amide bonds. The molecule has 1 aromatic heterocycles. The summed E-state index contributed by atoms with van der Waals surface area (Å²) in [6.45, 7) is 15.7. The van der Waals surface area contributed by atoms with Gasteiger partial charge in [0, 0.05) is 36.0 Å². The Balaban J connectivity index is 1.73. The van der Waals surface area contributed by atoms with Crippen LogP contribution in [0.2, 0.25) is 0 Å². The summed E-state index contributed by atoms with van der Waals surface area (Å²) < 4.78 is 23.8. The van der Waals surface area contributed by atoms with Gasteiger partial charge < -0.3 is 28.8 Å². The minimum Gasteiger partial charge on any atom is -0.472 e. The molecule has 1 aromatic rings. The van der Waals surface area contributed by atoms with Gasteiger partial charge in [0.2, 0.25) is 0 Å². The Hall–Kier alpha value is -2.49. The van der Waals surface area contributed by atoms with E-state index in [9.17, 15) is 24.6 Å².